The van der Waals surface area contributed by atoms with Crippen molar-refractivity contribution in [2.75, 3.05) is 26.2 Å². The van der Waals surface area contributed by atoms with Crippen molar-refractivity contribution < 1.29 is 14.4 Å². The molecule has 0 atom stereocenters. The molecule has 1 aromatic carbocycles. The molecule has 7 heteroatoms. The van der Waals surface area contributed by atoms with Crippen LogP contribution in [0.2, 0.25) is 0 Å². The fourth-order valence-corrected chi connectivity index (χ4v) is 5.26. The van der Waals surface area contributed by atoms with Crippen LogP contribution in [-0.4, -0.2) is 65.9 Å². The van der Waals surface area contributed by atoms with Gasteiger partial charge in [-0.15, -0.1) is 0 Å². The Kier molecular flexibility index (Phi) is 8.61. The number of amides is 4. The van der Waals surface area contributed by atoms with E-state index < -0.39 is 0 Å². The highest BCUT2D eigenvalue weighted by Crippen LogP contribution is 2.21. The van der Waals surface area contributed by atoms with Crippen LogP contribution in [0.3, 0.4) is 0 Å². The van der Waals surface area contributed by atoms with Crippen LogP contribution in [0.15, 0.2) is 36.4 Å². The van der Waals surface area contributed by atoms with Crippen molar-refractivity contribution in [1.82, 2.24) is 20.4 Å². The summed E-state index contributed by atoms with van der Waals surface area (Å²) in [6.45, 7) is 2.58. The maximum Gasteiger partial charge on any atom is 0.317 e. The number of nitrogens with zero attached hydrogens (tertiary/aromatic N) is 2. The first-order valence-electron chi connectivity index (χ1n) is 13.0. The third-order valence-electron chi connectivity index (χ3n) is 7.46. The first kappa shape index (κ1) is 24.3. The first-order chi connectivity index (χ1) is 16.6. The summed E-state index contributed by atoms with van der Waals surface area (Å²) in [6.07, 6.45) is 12.3. The molecule has 0 spiro atoms. The Bertz CT molecular complexity index is 850. The smallest absolute Gasteiger partial charge is 0.317 e. The highest BCUT2D eigenvalue weighted by Gasteiger charge is 2.30. The molecule has 3 aliphatic rings. The lowest BCUT2D eigenvalue weighted by atomic mass is 9.94. The molecule has 1 aliphatic carbocycles. The summed E-state index contributed by atoms with van der Waals surface area (Å²) in [6, 6.07) is 10.3. The van der Waals surface area contributed by atoms with Crippen molar-refractivity contribution >= 4 is 23.9 Å². The van der Waals surface area contributed by atoms with Crippen LogP contribution >= 0.6 is 0 Å². The van der Waals surface area contributed by atoms with E-state index in [4.69, 9.17) is 0 Å². The highest BCUT2D eigenvalue weighted by molar-refractivity contribution is 5.92. The lowest BCUT2D eigenvalue weighted by molar-refractivity contribution is -0.132. The molecule has 2 saturated heterocycles. The lowest BCUT2D eigenvalue weighted by Crippen LogP contribution is -2.52. The number of carbonyl (C=O) groups is 3. The fourth-order valence-electron chi connectivity index (χ4n) is 5.26. The molecule has 2 N–H and O–H groups in total. The SMILES string of the molecule is O=C(NC1CCN(C(=O)NC2CCCCC2)CC1)C1CCN(C(=O)/C=C/c2ccccc2)CC1. The highest BCUT2D eigenvalue weighted by atomic mass is 16.2. The normalized spacial score (nSPS) is 20.9. The molecule has 3 fully saturated rings. The van der Waals surface area contributed by atoms with Gasteiger partial charge < -0.3 is 20.4 Å². The summed E-state index contributed by atoms with van der Waals surface area (Å²) in [4.78, 5) is 41.6. The molecule has 2 aliphatic heterocycles. The van der Waals surface area contributed by atoms with Crippen LogP contribution in [0.5, 0.6) is 0 Å². The van der Waals surface area contributed by atoms with Gasteiger partial charge in [-0.3, -0.25) is 9.59 Å². The zero-order chi connectivity index (χ0) is 23.8. The number of benzene rings is 1. The van der Waals surface area contributed by atoms with E-state index in [1.807, 2.05) is 46.2 Å². The van der Waals surface area contributed by atoms with Crippen molar-refractivity contribution in [3.63, 3.8) is 0 Å². The van der Waals surface area contributed by atoms with Gasteiger partial charge in [0.15, 0.2) is 0 Å². The fraction of sp³-hybridized carbons (Fsp3) is 0.593. The summed E-state index contributed by atoms with van der Waals surface area (Å²) in [5, 5.41) is 6.40. The number of nitrogens with one attached hydrogen (secondary N) is 2. The number of urea groups is 1. The number of rotatable bonds is 5. The zero-order valence-electron chi connectivity index (χ0n) is 20.1. The van der Waals surface area contributed by atoms with Crippen molar-refractivity contribution in [2.45, 2.75) is 69.9 Å². The molecule has 2 heterocycles. The van der Waals surface area contributed by atoms with Gasteiger partial charge in [-0.05, 0) is 50.2 Å². The largest absolute Gasteiger partial charge is 0.353 e. The second-order valence-electron chi connectivity index (χ2n) is 9.90. The second-order valence-corrected chi connectivity index (χ2v) is 9.90. The Labute approximate surface area is 202 Å². The molecule has 34 heavy (non-hydrogen) atoms. The van der Waals surface area contributed by atoms with Gasteiger partial charge in [0, 0.05) is 50.3 Å². The molecule has 7 nitrogen and oxygen atoms in total. The van der Waals surface area contributed by atoms with Crippen LogP contribution in [0.4, 0.5) is 4.79 Å². The Morgan fingerprint density at radius 2 is 1.35 bits per heavy atom. The van der Waals surface area contributed by atoms with E-state index in [1.165, 1.54) is 19.3 Å². The topological polar surface area (TPSA) is 81.8 Å². The van der Waals surface area contributed by atoms with Gasteiger partial charge in [0.25, 0.3) is 0 Å². The zero-order valence-corrected chi connectivity index (χ0v) is 20.1. The molecule has 0 unspecified atom stereocenters. The van der Waals surface area contributed by atoms with Gasteiger partial charge in [-0.1, -0.05) is 49.6 Å². The average Bonchev–Trinajstić information content (AvgIpc) is 2.89. The molecule has 0 radical (unpaired) electrons. The predicted octanol–water partition coefficient (Wildman–Crippen LogP) is 3.56. The Balaban J connectivity index is 1.14. The van der Waals surface area contributed by atoms with Crippen LogP contribution in [0, 0.1) is 5.92 Å². The lowest BCUT2D eigenvalue weighted by Gasteiger charge is -2.35. The van der Waals surface area contributed by atoms with Gasteiger partial charge in [0.1, 0.15) is 0 Å². The van der Waals surface area contributed by atoms with Gasteiger partial charge in [-0.25, -0.2) is 4.79 Å². The average molecular weight is 467 g/mol. The van der Waals surface area contributed by atoms with E-state index in [9.17, 15) is 14.4 Å². The number of piperidine rings is 2. The minimum absolute atomic E-state index is 0.00147. The third kappa shape index (κ3) is 6.84. The summed E-state index contributed by atoms with van der Waals surface area (Å²) in [5.41, 5.74) is 1.00. The van der Waals surface area contributed by atoms with E-state index in [0.717, 1.165) is 31.2 Å². The summed E-state index contributed by atoms with van der Waals surface area (Å²) in [7, 11) is 0. The van der Waals surface area contributed by atoms with Crippen LogP contribution in [-0.2, 0) is 9.59 Å². The van der Waals surface area contributed by atoms with Crippen LogP contribution in [0.25, 0.3) is 6.08 Å². The third-order valence-corrected chi connectivity index (χ3v) is 7.46. The summed E-state index contributed by atoms with van der Waals surface area (Å²) >= 11 is 0. The van der Waals surface area contributed by atoms with Crippen LogP contribution in [0.1, 0.15) is 63.4 Å². The Morgan fingerprint density at radius 1 is 0.735 bits per heavy atom. The van der Waals surface area contributed by atoms with E-state index in [0.29, 0.717) is 45.1 Å². The van der Waals surface area contributed by atoms with E-state index >= 15 is 0 Å². The Morgan fingerprint density at radius 3 is 2.03 bits per heavy atom. The van der Waals surface area contributed by atoms with E-state index in [-0.39, 0.29) is 29.8 Å². The molecule has 1 saturated carbocycles. The number of likely N-dealkylation sites (tertiary alicyclic amines) is 2. The predicted molar refractivity (Wildman–Crippen MR) is 133 cm³/mol. The molecule has 0 bridgehead atoms. The first-order valence-corrected chi connectivity index (χ1v) is 13.0. The molecule has 4 rings (SSSR count). The molecular formula is C27H38N4O3. The quantitative estimate of drug-likeness (QED) is 0.651. The van der Waals surface area contributed by atoms with E-state index in [1.54, 1.807) is 6.08 Å². The maximum atomic E-state index is 12.8. The van der Waals surface area contributed by atoms with Crippen molar-refractivity contribution in [2.24, 2.45) is 5.92 Å². The van der Waals surface area contributed by atoms with Gasteiger partial charge in [-0.2, -0.15) is 0 Å². The minimum Gasteiger partial charge on any atom is -0.353 e. The number of hydrogen-bond acceptors (Lipinski definition) is 3. The Hall–Kier alpha value is -2.83. The van der Waals surface area contributed by atoms with Gasteiger partial charge in [0.2, 0.25) is 11.8 Å². The monoisotopic (exact) mass is 466 g/mol. The summed E-state index contributed by atoms with van der Waals surface area (Å²) in [5.74, 6) is 0.0494. The summed E-state index contributed by atoms with van der Waals surface area (Å²) < 4.78 is 0. The standard InChI is InChI=1S/C27H38N4O3/c32-25(12-11-21-7-3-1-4-8-21)30-17-13-22(14-18-30)26(33)28-24-15-19-31(20-16-24)27(34)29-23-9-5-2-6-10-23/h1,3-4,7-8,11-12,22-24H,2,5-6,9-10,13-20H2,(H,28,33)(H,29,34)/b12-11+. The van der Waals surface area contributed by atoms with Crippen LogP contribution < -0.4 is 10.6 Å². The molecule has 1 aromatic rings. The second kappa shape index (κ2) is 12.0. The molecule has 0 aromatic heterocycles. The maximum absolute atomic E-state index is 12.8. The number of hydrogen-bond donors (Lipinski definition) is 2. The molecule has 4 amide bonds. The number of carbonyl (C=O) groups excluding carboxylic acids is 3. The molecule has 184 valence electrons. The van der Waals surface area contributed by atoms with E-state index in [2.05, 4.69) is 10.6 Å². The minimum atomic E-state index is -0.0465. The van der Waals surface area contributed by atoms with Crippen molar-refractivity contribution in [1.29, 1.82) is 0 Å². The van der Waals surface area contributed by atoms with Gasteiger partial charge >= 0.3 is 6.03 Å². The van der Waals surface area contributed by atoms with Crippen molar-refractivity contribution in [3.8, 4) is 0 Å². The molecular weight excluding hydrogens is 428 g/mol. The van der Waals surface area contributed by atoms with Crippen molar-refractivity contribution in [3.05, 3.63) is 42.0 Å². The van der Waals surface area contributed by atoms with Gasteiger partial charge in [0.05, 0.1) is 0 Å².